The van der Waals surface area contributed by atoms with E-state index in [0.29, 0.717) is 23.4 Å². The summed E-state index contributed by atoms with van der Waals surface area (Å²) in [4.78, 5) is 11.0. The summed E-state index contributed by atoms with van der Waals surface area (Å²) in [6, 6.07) is 8.35. The van der Waals surface area contributed by atoms with Crippen LogP contribution in [0.1, 0.15) is 18.4 Å². The van der Waals surface area contributed by atoms with Gasteiger partial charge in [0.25, 0.3) is 4.84 Å². The highest BCUT2D eigenvalue weighted by atomic mass is 32.1. The molecule has 3 aromatic rings. The van der Waals surface area contributed by atoms with Crippen molar-refractivity contribution in [3.63, 3.8) is 0 Å². The van der Waals surface area contributed by atoms with Crippen molar-refractivity contribution in [3.8, 4) is 11.5 Å². The van der Waals surface area contributed by atoms with Gasteiger partial charge in [0.2, 0.25) is 5.89 Å². The fourth-order valence-electron chi connectivity index (χ4n) is 2.64. The lowest BCUT2D eigenvalue weighted by Gasteiger charge is -2.21. The molecule has 0 atom stereocenters. The summed E-state index contributed by atoms with van der Waals surface area (Å²) >= 11 is 5.34. The maximum absolute atomic E-state index is 5.65. The van der Waals surface area contributed by atoms with Crippen LogP contribution >= 0.6 is 12.2 Å². The van der Waals surface area contributed by atoms with Crippen LogP contribution in [-0.2, 0) is 13.2 Å². The molecule has 3 heterocycles. The van der Waals surface area contributed by atoms with Gasteiger partial charge in [-0.25, -0.2) is 4.68 Å². The smallest absolute Gasteiger partial charge is 0.288 e. The molecule has 0 N–H and O–H groups in total. The van der Waals surface area contributed by atoms with E-state index < -0.39 is 0 Å². The highest BCUT2D eigenvalue weighted by molar-refractivity contribution is 7.71. The van der Waals surface area contributed by atoms with Gasteiger partial charge in [-0.1, -0.05) is 6.07 Å². The van der Waals surface area contributed by atoms with E-state index in [1.165, 1.54) is 18.4 Å². The first kappa shape index (κ1) is 15.2. The van der Waals surface area contributed by atoms with Crippen LogP contribution in [0.15, 0.2) is 53.5 Å². The van der Waals surface area contributed by atoms with Crippen LogP contribution in [0.4, 0.5) is 0 Å². The van der Waals surface area contributed by atoms with E-state index in [0.717, 1.165) is 12.1 Å². The molecule has 0 unspecified atom stereocenters. The molecule has 0 bridgehead atoms. The molecule has 24 heavy (non-hydrogen) atoms. The second kappa shape index (κ2) is 6.62. The predicted molar refractivity (Wildman–Crippen MR) is 91.4 cm³/mol. The Hall–Kier alpha value is -2.38. The number of aromatic nitrogens is 4. The Kier molecular flexibility index (Phi) is 4.18. The molecule has 0 spiro atoms. The zero-order valence-corrected chi connectivity index (χ0v) is 13.9. The number of rotatable bonds is 6. The Morgan fingerprint density at radius 1 is 1.17 bits per heavy atom. The van der Waals surface area contributed by atoms with Crippen LogP contribution in [0.25, 0.3) is 11.5 Å². The van der Waals surface area contributed by atoms with Crippen LogP contribution in [-0.4, -0.2) is 30.7 Å². The van der Waals surface area contributed by atoms with Crippen molar-refractivity contribution in [3.05, 3.63) is 59.5 Å². The fourth-order valence-corrected chi connectivity index (χ4v) is 2.82. The van der Waals surface area contributed by atoms with Gasteiger partial charge in [0.15, 0.2) is 0 Å². The van der Waals surface area contributed by atoms with Crippen molar-refractivity contribution in [2.45, 2.75) is 32.1 Å². The van der Waals surface area contributed by atoms with Crippen LogP contribution in [0.3, 0.4) is 0 Å². The Morgan fingerprint density at radius 2 is 2.00 bits per heavy atom. The average Bonchev–Trinajstić information content (AvgIpc) is 3.40. The Balaban J connectivity index is 1.55. The number of hydrogen-bond acceptors (Lipinski definition) is 6. The lowest BCUT2D eigenvalue weighted by molar-refractivity contribution is 0.184. The number of hydrogen-bond donors (Lipinski definition) is 0. The van der Waals surface area contributed by atoms with Crippen LogP contribution < -0.4 is 0 Å². The van der Waals surface area contributed by atoms with Crippen molar-refractivity contribution >= 4 is 12.2 Å². The molecular formula is C17H17N5OS. The molecule has 1 aliphatic carbocycles. The third kappa shape index (κ3) is 3.42. The molecule has 6 nitrogen and oxygen atoms in total. The van der Waals surface area contributed by atoms with Gasteiger partial charge in [-0.05, 0) is 48.8 Å². The molecule has 0 radical (unpaired) electrons. The van der Waals surface area contributed by atoms with Gasteiger partial charge in [0.1, 0.15) is 0 Å². The minimum Gasteiger partial charge on any atom is -0.409 e. The second-order valence-corrected chi connectivity index (χ2v) is 6.24. The minimum absolute atomic E-state index is 0.388. The first-order valence-electron chi connectivity index (χ1n) is 7.91. The standard InChI is InChI=1S/C17H17N5OS/c24-17-22(20-16(23-17)14-5-8-18-9-6-14)12-21(15-3-4-15)11-13-2-1-7-19-10-13/h1-2,5-10,15H,3-4,11-12H2. The zero-order chi connectivity index (χ0) is 16.4. The van der Waals surface area contributed by atoms with Crippen molar-refractivity contribution in [2.75, 3.05) is 0 Å². The van der Waals surface area contributed by atoms with Gasteiger partial charge in [-0.3, -0.25) is 14.9 Å². The Labute approximate surface area is 144 Å². The van der Waals surface area contributed by atoms with Crippen molar-refractivity contribution in [1.82, 2.24) is 24.6 Å². The van der Waals surface area contributed by atoms with E-state index in [4.69, 9.17) is 16.6 Å². The molecule has 4 rings (SSSR count). The average molecular weight is 339 g/mol. The van der Waals surface area contributed by atoms with Gasteiger partial charge in [0, 0.05) is 42.9 Å². The van der Waals surface area contributed by atoms with E-state index >= 15 is 0 Å². The topological polar surface area (TPSA) is 60.0 Å². The second-order valence-electron chi connectivity index (χ2n) is 5.89. The van der Waals surface area contributed by atoms with Gasteiger partial charge in [-0.15, -0.1) is 5.10 Å². The van der Waals surface area contributed by atoms with Gasteiger partial charge in [0.05, 0.1) is 6.67 Å². The number of pyridine rings is 2. The van der Waals surface area contributed by atoms with Crippen molar-refractivity contribution in [1.29, 1.82) is 0 Å². The normalized spacial score (nSPS) is 14.2. The first-order valence-corrected chi connectivity index (χ1v) is 8.32. The summed E-state index contributed by atoms with van der Waals surface area (Å²) in [5.74, 6) is 0.527. The zero-order valence-electron chi connectivity index (χ0n) is 13.1. The number of nitrogens with zero attached hydrogens (tertiary/aromatic N) is 5. The Morgan fingerprint density at radius 3 is 2.71 bits per heavy atom. The lowest BCUT2D eigenvalue weighted by Crippen LogP contribution is -2.28. The molecule has 1 fully saturated rings. The monoisotopic (exact) mass is 339 g/mol. The van der Waals surface area contributed by atoms with E-state index in [2.05, 4.69) is 26.0 Å². The molecule has 122 valence electrons. The SMILES string of the molecule is S=c1oc(-c2ccncc2)nn1CN(Cc1cccnc1)C1CC1. The third-order valence-corrected chi connectivity index (χ3v) is 4.31. The summed E-state index contributed by atoms with van der Waals surface area (Å²) < 4.78 is 7.40. The van der Waals surface area contributed by atoms with Crippen LogP contribution in [0.2, 0.25) is 0 Å². The largest absolute Gasteiger partial charge is 0.409 e. The molecule has 7 heteroatoms. The summed E-state index contributed by atoms with van der Waals surface area (Å²) in [7, 11) is 0. The molecule has 3 aromatic heterocycles. The maximum atomic E-state index is 5.65. The highest BCUT2D eigenvalue weighted by Gasteiger charge is 2.29. The summed E-state index contributed by atoms with van der Waals surface area (Å²) in [5, 5.41) is 4.53. The molecule has 0 saturated heterocycles. The summed E-state index contributed by atoms with van der Waals surface area (Å²) in [6.07, 6.45) is 9.54. The van der Waals surface area contributed by atoms with E-state index in [1.807, 2.05) is 24.4 Å². The molecule has 0 aliphatic heterocycles. The van der Waals surface area contributed by atoms with Crippen LogP contribution in [0, 0.1) is 4.84 Å². The van der Waals surface area contributed by atoms with E-state index in [1.54, 1.807) is 23.3 Å². The molecule has 1 aliphatic rings. The maximum Gasteiger partial charge on any atom is 0.288 e. The van der Waals surface area contributed by atoms with E-state index in [9.17, 15) is 0 Å². The Bertz CT molecular complexity index is 857. The molecule has 0 amide bonds. The van der Waals surface area contributed by atoms with Gasteiger partial charge in [-0.2, -0.15) is 0 Å². The molecule has 0 aromatic carbocycles. The highest BCUT2D eigenvalue weighted by Crippen LogP contribution is 2.29. The third-order valence-electron chi connectivity index (χ3n) is 4.02. The minimum atomic E-state index is 0.388. The lowest BCUT2D eigenvalue weighted by atomic mass is 10.2. The molecular weight excluding hydrogens is 322 g/mol. The quantitative estimate of drug-likeness (QED) is 0.642. The first-order chi connectivity index (χ1) is 11.8. The van der Waals surface area contributed by atoms with E-state index in [-0.39, 0.29) is 0 Å². The van der Waals surface area contributed by atoms with Crippen molar-refractivity contribution < 1.29 is 4.42 Å². The fraction of sp³-hybridized carbons (Fsp3) is 0.294. The summed E-state index contributed by atoms with van der Waals surface area (Å²) in [5.41, 5.74) is 2.06. The summed E-state index contributed by atoms with van der Waals surface area (Å²) in [6.45, 7) is 1.45. The van der Waals surface area contributed by atoms with Gasteiger partial charge >= 0.3 is 0 Å². The van der Waals surface area contributed by atoms with Gasteiger partial charge < -0.3 is 4.42 Å². The molecule has 1 saturated carbocycles. The van der Waals surface area contributed by atoms with Crippen LogP contribution in [0.5, 0.6) is 0 Å². The van der Waals surface area contributed by atoms with Crippen molar-refractivity contribution in [2.24, 2.45) is 0 Å². The predicted octanol–water partition coefficient (Wildman–Crippen LogP) is 3.28.